The average molecular weight is 316 g/mol. The minimum absolute atomic E-state index is 0.173. The molecule has 0 radical (unpaired) electrons. The third-order valence-electron chi connectivity index (χ3n) is 3.95. The van der Waals surface area contributed by atoms with Crippen molar-refractivity contribution in [2.75, 3.05) is 6.54 Å². The molecule has 22 heavy (non-hydrogen) atoms. The molecule has 7 heteroatoms. The van der Waals surface area contributed by atoms with Gasteiger partial charge in [-0.15, -0.1) is 0 Å². The van der Waals surface area contributed by atoms with Crippen molar-refractivity contribution in [3.63, 3.8) is 0 Å². The zero-order chi connectivity index (χ0) is 16.4. The van der Waals surface area contributed by atoms with Crippen molar-refractivity contribution in [2.24, 2.45) is 5.73 Å². The molecule has 0 heterocycles. The molecule has 0 bridgehead atoms. The van der Waals surface area contributed by atoms with Gasteiger partial charge < -0.3 is 16.2 Å². The van der Waals surface area contributed by atoms with Gasteiger partial charge in [0, 0.05) is 18.5 Å². The van der Waals surface area contributed by atoms with Crippen molar-refractivity contribution in [1.82, 2.24) is 5.32 Å². The molecule has 1 aliphatic carbocycles. The van der Waals surface area contributed by atoms with Crippen LogP contribution < -0.4 is 11.1 Å². The number of benzene rings is 1. The van der Waals surface area contributed by atoms with Gasteiger partial charge in [-0.05, 0) is 30.9 Å². The largest absolute Gasteiger partial charge is 0.416 e. The Hall–Kier alpha value is -1.60. The maximum absolute atomic E-state index is 12.6. The van der Waals surface area contributed by atoms with Gasteiger partial charge in [0.05, 0.1) is 5.56 Å². The summed E-state index contributed by atoms with van der Waals surface area (Å²) in [6, 6.07) is 4.59. The molecule has 122 valence electrons. The molecular weight excluding hydrogens is 297 g/mol. The van der Waals surface area contributed by atoms with Crippen molar-refractivity contribution < 1.29 is 23.1 Å². The van der Waals surface area contributed by atoms with Crippen LogP contribution in [0.3, 0.4) is 0 Å². The zero-order valence-corrected chi connectivity index (χ0v) is 12.0. The molecule has 0 aliphatic heterocycles. The summed E-state index contributed by atoms with van der Waals surface area (Å²) in [6.45, 7) is 0.269. The molecule has 1 aliphatic rings. The molecule has 1 amide bonds. The van der Waals surface area contributed by atoms with Crippen LogP contribution in [0.25, 0.3) is 0 Å². The second-order valence-electron chi connectivity index (χ2n) is 5.85. The molecule has 1 saturated carbocycles. The van der Waals surface area contributed by atoms with Crippen LogP contribution in [-0.2, 0) is 17.4 Å². The lowest BCUT2D eigenvalue weighted by atomic mass is 9.78. The molecule has 1 unspecified atom stereocenters. The Morgan fingerprint density at radius 1 is 1.41 bits per heavy atom. The van der Waals surface area contributed by atoms with Gasteiger partial charge in [0.15, 0.2) is 0 Å². The number of carbonyl (C=O) groups excluding carboxylic acids is 1. The topological polar surface area (TPSA) is 75.3 Å². The van der Waals surface area contributed by atoms with Gasteiger partial charge in [0.2, 0.25) is 5.91 Å². The maximum atomic E-state index is 12.6. The lowest BCUT2D eigenvalue weighted by Crippen LogP contribution is -2.56. The smallest absolute Gasteiger partial charge is 0.383 e. The monoisotopic (exact) mass is 316 g/mol. The number of nitrogens with two attached hydrogens (primary N) is 1. The van der Waals surface area contributed by atoms with E-state index >= 15 is 0 Å². The second-order valence-corrected chi connectivity index (χ2v) is 5.85. The minimum Gasteiger partial charge on any atom is -0.383 e. The number of hydrogen-bond acceptors (Lipinski definition) is 3. The summed E-state index contributed by atoms with van der Waals surface area (Å²) in [5.41, 5.74) is 4.99. The van der Waals surface area contributed by atoms with Gasteiger partial charge in [-0.3, -0.25) is 4.79 Å². The van der Waals surface area contributed by atoms with Crippen LogP contribution in [0, 0.1) is 0 Å². The zero-order valence-electron chi connectivity index (χ0n) is 12.0. The van der Waals surface area contributed by atoms with E-state index in [1.165, 1.54) is 12.1 Å². The van der Waals surface area contributed by atoms with E-state index in [2.05, 4.69) is 5.32 Å². The van der Waals surface area contributed by atoms with Gasteiger partial charge in [0.25, 0.3) is 0 Å². The number of rotatable bonds is 5. The third kappa shape index (κ3) is 4.20. The van der Waals surface area contributed by atoms with Crippen molar-refractivity contribution in [3.8, 4) is 0 Å². The number of hydrogen-bond donors (Lipinski definition) is 3. The molecule has 1 aromatic carbocycles. The van der Waals surface area contributed by atoms with Crippen LogP contribution >= 0.6 is 0 Å². The Labute approximate surface area is 126 Å². The Bertz CT molecular complexity index is 542. The van der Waals surface area contributed by atoms with Gasteiger partial charge in [-0.1, -0.05) is 18.2 Å². The van der Waals surface area contributed by atoms with E-state index in [4.69, 9.17) is 5.73 Å². The van der Waals surface area contributed by atoms with E-state index in [9.17, 15) is 23.1 Å². The van der Waals surface area contributed by atoms with Crippen LogP contribution in [0.1, 0.15) is 30.4 Å². The molecule has 0 aromatic heterocycles. The van der Waals surface area contributed by atoms with E-state index in [1.54, 1.807) is 0 Å². The van der Waals surface area contributed by atoms with E-state index in [0.29, 0.717) is 0 Å². The van der Waals surface area contributed by atoms with E-state index in [-0.39, 0.29) is 18.5 Å². The fourth-order valence-corrected chi connectivity index (χ4v) is 2.38. The molecule has 1 atom stereocenters. The first kappa shape index (κ1) is 16.8. The lowest BCUT2D eigenvalue weighted by molar-refractivity contribution is -0.137. The van der Waals surface area contributed by atoms with Crippen LogP contribution in [0.15, 0.2) is 24.3 Å². The van der Waals surface area contributed by atoms with Crippen LogP contribution in [0.5, 0.6) is 0 Å². The van der Waals surface area contributed by atoms with E-state index in [0.717, 1.165) is 31.4 Å². The highest BCUT2D eigenvalue weighted by Crippen LogP contribution is 2.30. The molecule has 4 N–H and O–H groups in total. The van der Waals surface area contributed by atoms with Gasteiger partial charge >= 0.3 is 6.18 Å². The molecular formula is C15H19F3N2O2. The van der Waals surface area contributed by atoms with Crippen molar-refractivity contribution in [3.05, 3.63) is 35.4 Å². The number of aliphatic hydroxyl groups excluding tert-OH is 1. The third-order valence-corrected chi connectivity index (χ3v) is 3.95. The van der Waals surface area contributed by atoms with Crippen molar-refractivity contribution in [1.29, 1.82) is 0 Å². The summed E-state index contributed by atoms with van der Waals surface area (Å²) in [6.07, 6.45) is -3.37. The predicted octanol–water partition coefficient (Wildman–Crippen LogP) is 1.61. The summed E-state index contributed by atoms with van der Waals surface area (Å²) >= 11 is 0. The van der Waals surface area contributed by atoms with Crippen molar-refractivity contribution in [2.45, 2.75) is 43.5 Å². The molecule has 4 nitrogen and oxygen atoms in total. The molecule has 0 spiro atoms. The number of halogens is 3. The van der Waals surface area contributed by atoms with E-state index < -0.39 is 29.3 Å². The Balaban J connectivity index is 1.90. The summed E-state index contributed by atoms with van der Waals surface area (Å²) in [5.74, 6) is -0.617. The minimum atomic E-state index is -4.45. The number of alkyl halides is 3. The van der Waals surface area contributed by atoms with Crippen LogP contribution in [0.4, 0.5) is 13.2 Å². The molecule has 0 saturated heterocycles. The van der Waals surface area contributed by atoms with Crippen LogP contribution in [0.2, 0.25) is 0 Å². The highest BCUT2D eigenvalue weighted by atomic mass is 19.4. The quantitative estimate of drug-likeness (QED) is 0.772. The van der Waals surface area contributed by atoms with Gasteiger partial charge in [0.1, 0.15) is 6.10 Å². The molecule has 2 rings (SSSR count). The Morgan fingerprint density at radius 2 is 2.09 bits per heavy atom. The fourth-order valence-electron chi connectivity index (χ4n) is 2.38. The van der Waals surface area contributed by atoms with Gasteiger partial charge in [-0.2, -0.15) is 13.2 Å². The first-order valence-electron chi connectivity index (χ1n) is 7.10. The maximum Gasteiger partial charge on any atom is 0.416 e. The lowest BCUT2D eigenvalue weighted by Gasteiger charge is -2.38. The summed E-state index contributed by atoms with van der Waals surface area (Å²) < 4.78 is 37.8. The highest BCUT2D eigenvalue weighted by Gasteiger charge is 2.33. The number of aliphatic hydroxyl groups is 1. The first-order chi connectivity index (χ1) is 10.2. The summed E-state index contributed by atoms with van der Waals surface area (Å²) in [5, 5.41) is 12.4. The number of carbonyl (C=O) groups is 1. The van der Waals surface area contributed by atoms with Gasteiger partial charge in [-0.25, -0.2) is 0 Å². The van der Waals surface area contributed by atoms with Crippen molar-refractivity contribution >= 4 is 5.91 Å². The highest BCUT2D eigenvalue weighted by molar-refractivity contribution is 5.80. The summed E-state index contributed by atoms with van der Waals surface area (Å²) in [7, 11) is 0. The predicted molar refractivity (Wildman–Crippen MR) is 74.9 cm³/mol. The average Bonchev–Trinajstić information content (AvgIpc) is 2.42. The summed E-state index contributed by atoms with van der Waals surface area (Å²) in [4.78, 5) is 11.8. The molecule has 1 aromatic rings. The normalized spacial score (nSPS) is 18.4. The first-order valence-corrected chi connectivity index (χ1v) is 7.10. The number of nitrogens with one attached hydrogen (secondary N) is 1. The Morgan fingerprint density at radius 3 is 2.64 bits per heavy atom. The number of amides is 1. The SMILES string of the molecule is NC1(CNC(=O)C(O)Cc2cccc(C(F)(F)F)c2)CCC1. The fraction of sp³-hybridized carbons (Fsp3) is 0.533. The second kappa shape index (κ2) is 6.26. The standard InChI is InChI=1S/C15H19F3N2O2/c16-15(17,18)11-4-1-3-10(7-11)8-12(21)13(22)20-9-14(19)5-2-6-14/h1,3-4,7,12,21H,2,5-6,8-9,19H2,(H,20,22). The van der Waals surface area contributed by atoms with E-state index in [1.807, 2.05) is 0 Å². The molecule has 1 fully saturated rings. The van der Waals surface area contributed by atoms with Crippen LogP contribution in [-0.4, -0.2) is 29.2 Å². The Kier molecular flexibility index (Phi) is 4.77.